The molecule has 2 aromatic rings. The summed E-state index contributed by atoms with van der Waals surface area (Å²) >= 11 is 0. The predicted molar refractivity (Wildman–Crippen MR) is 103 cm³/mol. The lowest BCUT2D eigenvalue weighted by Crippen LogP contribution is -2.59. The van der Waals surface area contributed by atoms with E-state index in [0.29, 0.717) is 11.5 Å². The van der Waals surface area contributed by atoms with Crippen LogP contribution in [0.15, 0.2) is 60.7 Å². The molecule has 0 saturated carbocycles. The third kappa shape index (κ3) is 5.89. The fourth-order valence-electron chi connectivity index (χ4n) is 2.92. The topological polar surface area (TPSA) is 118 Å². The van der Waals surface area contributed by atoms with Gasteiger partial charge in [-0.3, -0.25) is 0 Å². The first-order valence-electron chi connectivity index (χ1n) is 9.40. The van der Waals surface area contributed by atoms with E-state index in [1.54, 1.807) is 12.1 Å². The van der Waals surface area contributed by atoms with Gasteiger partial charge in [-0.1, -0.05) is 36.4 Å². The highest BCUT2D eigenvalue weighted by Crippen LogP contribution is 2.22. The minimum atomic E-state index is -1.50. The molecule has 0 amide bonds. The number of hydrogen-bond donors (Lipinski definition) is 4. The molecule has 0 spiro atoms. The number of ether oxygens (including phenoxy) is 4. The number of aliphatic hydroxyl groups is 4. The molecule has 1 aliphatic rings. The zero-order valence-electron chi connectivity index (χ0n) is 15.8. The van der Waals surface area contributed by atoms with Gasteiger partial charge in [-0.2, -0.15) is 0 Å². The van der Waals surface area contributed by atoms with Crippen LogP contribution in [0.4, 0.5) is 0 Å². The number of para-hydroxylation sites is 2. The quantitative estimate of drug-likeness (QED) is 0.471. The molecule has 2 aromatic carbocycles. The summed E-state index contributed by atoms with van der Waals surface area (Å²) in [6.07, 6.45) is -7.23. The zero-order valence-corrected chi connectivity index (χ0v) is 15.8. The number of rotatable bonds is 9. The average Bonchev–Trinajstić information content (AvgIpc) is 2.76. The predicted octanol–water partition coefficient (Wildman–Crippen LogP) is 0.329. The average molecular weight is 406 g/mol. The molecule has 8 nitrogen and oxygen atoms in total. The molecular formula is C21H26O8. The summed E-state index contributed by atoms with van der Waals surface area (Å²) in [4.78, 5) is 0. The Labute approximate surface area is 168 Å². The first-order chi connectivity index (χ1) is 14.1. The summed E-state index contributed by atoms with van der Waals surface area (Å²) in [5.41, 5.74) is 0. The van der Waals surface area contributed by atoms with E-state index in [2.05, 4.69) is 0 Å². The van der Waals surface area contributed by atoms with Crippen LogP contribution in [-0.2, 0) is 9.47 Å². The van der Waals surface area contributed by atoms with Crippen molar-refractivity contribution in [2.24, 2.45) is 0 Å². The zero-order chi connectivity index (χ0) is 20.6. The van der Waals surface area contributed by atoms with Crippen molar-refractivity contribution in [1.29, 1.82) is 0 Å². The van der Waals surface area contributed by atoms with Gasteiger partial charge in [0.05, 0.1) is 13.2 Å². The Kier molecular flexibility index (Phi) is 7.82. The Morgan fingerprint density at radius 2 is 1.41 bits per heavy atom. The fraction of sp³-hybridized carbons (Fsp3) is 0.429. The number of hydrogen-bond acceptors (Lipinski definition) is 8. The Bertz CT molecular complexity index is 711. The molecule has 6 atom stereocenters. The highest BCUT2D eigenvalue weighted by atomic mass is 16.7. The molecule has 1 aliphatic heterocycles. The first kappa shape index (κ1) is 21.5. The minimum Gasteiger partial charge on any atom is -0.490 e. The van der Waals surface area contributed by atoms with E-state index in [1.165, 1.54) is 0 Å². The molecule has 158 valence electrons. The standard InChI is InChI=1S/C21H26O8/c22-11-17-18(23)19(24)20(25)21(29-17)27-13-16(28-15-9-5-2-6-10-15)12-26-14-7-3-1-4-8-14/h1-10,16-25H,11-13H2/t16?,17-,18-,19+,20+,21+/m1/s1. The summed E-state index contributed by atoms with van der Waals surface area (Å²) in [6, 6.07) is 18.4. The van der Waals surface area contributed by atoms with E-state index >= 15 is 0 Å². The van der Waals surface area contributed by atoms with Gasteiger partial charge in [-0.05, 0) is 24.3 Å². The number of aliphatic hydroxyl groups excluding tert-OH is 4. The molecule has 8 heteroatoms. The largest absolute Gasteiger partial charge is 0.490 e. The highest BCUT2D eigenvalue weighted by Gasteiger charge is 2.44. The van der Waals surface area contributed by atoms with E-state index < -0.39 is 43.4 Å². The highest BCUT2D eigenvalue weighted by molar-refractivity contribution is 5.22. The van der Waals surface area contributed by atoms with Gasteiger partial charge in [0.15, 0.2) is 12.4 Å². The van der Waals surface area contributed by atoms with Gasteiger partial charge in [-0.15, -0.1) is 0 Å². The van der Waals surface area contributed by atoms with Gasteiger partial charge >= 0.3 is 0 Å². The molecule has 0 aromatic heterocycles. The molecule has 3 rings (SSSR count). The Balaban J connectivity index is 1.62. The Hall–Kier alpha value is -2.20. The van der Waals surface area contributed by atoms with Gasteiger partial charge in [0.1, 0.15) is 42.5 Å². The Morgan fingerprint density at radius 1 is 0.793 bits per heavy atom. The van der Waals surface area contributed by atoms with Crippen molar-refractivity contribution < 1.29 is 39.4 Å². The second-order valence-electron chi connectivity index (χ2n) is 6.71. The lowest BCUT2D eigenvalue weighted by Gasteiger charge is -2.39. The van der Waals surface area contributed by atoms with Gasteiger partial charge in [0.2, 0.25) is 0 Å². The van der Waals surface area contributed by atoms with Crippen LogP contribution in [0.2, 0.25) is 0 Å². The van der Waals surface area contributed by atoms with Crippen LogP contribution in [0, 0.1) is 0 Å². The van der Waals surface area contributed by atoms with Crippen molar-refractivity contribution in [3.05, 3.63) is 60.7 Å². The summed E-state index contributed by atoms with van der Waals surface area (Å²) in [5, 5.41) is 39.2. The summed E-state index contributed by atoms with van der Waals surface area (Å²) in [5.74, 6) is 1.29. The number of benzene rings is 2. The molecule has 4 N–H and O–H groups in total. The van der Waals surface area contributed by atoms with Crippen molar-refractivity contribution in [3.63, 3.8) is 0 Å². The lowest BCUT2D eigenvalue weighted by atomic mass is 9.99. The molecule has 29 heavy (non-hydrogen) atoms. The van der Waals surface area contributed by atoms with Crippen LogP contribution in [0.25, 0.3) is 0 Å². The SMILES string of the molecule is OC[C@H]1O[C@H](OCC(COc2ccccc2)Oc2ccccc2)[C@@H](O)[C@@H](O)[C@@H]1O. The second-order valence-corrected chi connectivity index (χ2v) is 6.71. The van der Waals surface area contributed by atoms with E-state index in [-0.39, 0.29) is 13.2 Å². The molecule has 1 saturated heterocycles. The van der Waals surface area contributed by atoms with Crippen molar-refractivity contribution in [1.82, 2.24) is 0 Å². The summed E-state index contributed by atoms with van der Waals surface area (Å²) < 4.78 is 22.6. The third-order valence-corrected chi connectivity index (χ3v) is 4.52. The van der Waals surface area contributed by atoms with Gasteiger partial charge < -0.3 is 39.4 Å². The maximum absolute atomic E-state index is 10.1. The smallest absolute Gasteiger partial charge is 0.186 e. The van der Waals surface area contributed by atoms with Gasteiger partial charge in [0.25, 0.3) is 0 Å². The van der Waals surface area contributed by atoms with Crippen molar-refractivity contribution in [3.8, 4) is 11.5 Å². The van der Waals surface area contributed by atoms with Gasteiger partial charge in [-0.25, -0.2) is 0 Å². The molecule has 0 radical (unpaired) electrons. The Morgan fingerprint density at radius 3 is 2.03 bits per heavy atom. The van der Waals surface area contributed by atoms with Crippen LogP contribution in [0.3, 0.4) is 0 Å². The third-order valence-electron chi connectivity index (χ3n) is 4.52. The van der Waals surface area contributed by atoms with Gasteiger partial charge in [0, 0.05) is 0 Å². The normalized spacial score (nSPS) is 27.9. The van der Waals surface area contributed by atoms with Crippen LogP contribution >= 0.6 is 0 Å². The first-order valence-corrected chi connectivity index (χ1v) is 9.40. The van der Waals surface area contributed by atoms with Crippen molar-refractivity contribution >= 4 is 0 Å². The lowest BCUT2D eigenvalue weighted by molar-refractivity contribution is -0.304. The van der Waals surface area contributed by atoms with E-state index in [9.17, 15) is 20.4 Å². The van der Waals surface area contributed by atoms with E-state index in [4.69, 9.17) is 18.9 Å². The van der Waals surface area contributed by atoms with Crippen LogP contribution < -0.4 is 9.47 Å². The van der Waals surface area contributed by atoms with E-state index in [1.807, 2.05) is 48.5 Å². The van der Waals surface area contributed by atoms with Crippen molar-refractivity contribution in [2.45, 2.75) is 36.8 Å². The maximum atomic E-state index is 10.1. The van der Waals surface area contributed by atoms with Crippen LogP contribution in [0.1, 0.15) is 0 Å². The second kappa shape index (κ2) is 10.5. The molecule has 1 heterocycles. The fourth-order valence-corrected chi connectivity index (χ4v) is 2.92. The summed E-state index contributed by atoms with van der Waals surface area (Å²) in [7, 11) is 0. The van der Waals surface area contributed by atoms with E-state index in [0.717, 1.165) is 0 Å². The molecule has 1 unspecified atom stereocenters. The monoisotopic (exact) mass is 406 g/mol. The van der Waals surface area contributed by atoms with Crippen molar-refractivity contribution in [2.75, 3.05) is 19.8 Å². The molecule has 1 fully saturated rings. The summed E-state index contributed by atoms with van der Waals surface area (Å²) in [6.45, 7) is -0.382. The molecular weight excluding hydrogens is 380 g/mol. The van der Waals surface area contributed by atoms with Crippen LogP contribution in [-0.4, -0.2) is 77.1 Å². The minimum absolute atomic E-state index is 0.0234. The maximum Gasteiger partial charge on any atom is 0.186 e. The molecule has 0 aliphatic carbocycles. The van der Waals surface area contributed by atoms with Crippen LogP contribution in [0.5, 0.6) is 11.5 Å². The molecule has 0 bridgehead atoms.